The molecule has 7 nitrogen and oxygen atoms in total. The Balaban J connectivity index is 2.17. The third kappa shape index (κ3) is 5.51. The van der Waals surface area contributed by atoms with E-state index < -0.39 is 17.7 Å². The molecule has 1 aliphatic heterocycles. The van der Waals surface area contributed by atoms with Gasteiger partial charge in [-0.15, -0.1) is 0 Å². The van der Waals surface area contributed by atoms with Gasteiger partial charge in [-0.25, -0.2) is 0 Å². The zero-order valence-electron chi connectivity index (χ0n) is 21.7. The lowest BCUT2D eigenvalue weighted by Gasteiger charge is -2.27. The highest BCUT2D eigenvalue weighted by molar-refractivity contribution is 6.46. The molecule has 3 rings (SSSR count). The molecule has 1 saturated heterocycles. The van der Waals surface area contributed by atoms with Crippen molar-refractivity contribution < 1.29 is 24.2 Å². The predicted octanol–water partition coefficient (Wildman–Crippen LogP) is 4.37. The minimum atomic E-state index is -0.703. The van der Waals surface area contributed by atoms with Crippen molar-refractivity contribution in [1.29, 1.82) is 0 Å². The molecule has 1 N–H and O–H groups in total. The summed E-state index contributed by atoms with van der Waals surface area (Å²) >= 11 is 0. The molecule has 0 aromatic heterocycles. The van der Waals surface area contributed by atoms with Crippen molar-refractivity contribution in [2.75, 3.05) is 40.9 Å². The fraction of sp³-hybridized carbons (Fsp3) is 0.429. The first-order valence-corrected chi connectivity index (χ1v) is 11.8. The molecule has 1 heterocycles. The van der Waals surface area contributed by atoms with Crippen LogP contribution in [-0.4, -0.2) is 67.5 Å². The van der Waals surface area contributed by atoms with E-state index in [9.17, 15) is 14.7 Å². The lowest BCUT2D eigenvalue weighted by atomic mass is 9.84. The average Bonchev–Trinajstić information content (AvgIpc) is 3.06. The summed E-state index contributed by atoms with van der Waals surface area (Å²) in [6, 6.07) is 11.9. The summed E-state index contributed by atoms with van der Waals surface area (Å²) in [5.74, 6) is -0.0946. The van der Waals surface area contributed by atoms with Crippen LogP contribution < -0.4 is 9.47 Å². The number of nitrogens with zero attached hydrogens (tertiary/aromatic N) is 2. The largest absolute Gasteiger partial charge is 0.507 e. The molecule has 0 radical (unpaired) electrons. The maximum absolute atomic E-state index is 13.3. The standard InChI is InChI=1S/C28H36N2O5/c1-8-35-20-12-9-18(10-13-20)24-23(26(32)27(33)30(24)16-15-29(5)6)25(31)19-11-14-22(34-7)21(17-19)28(2,3)4/h9-14,17,24,31H,8,15-16H2,1-7H3/b25-23-. The van der Waals surface area contributed by atoms with Crippen LogP contribution in [0.4, 0.5) is 0 Å². The molecule has 2 aromatic rings. The van der Waals surface area contributed by atoms with E-state index in [1.807, 2.05) is 56.3 Å². The molecule has 35 heavy (non-hydrogen) atoms. The van der Waals surface area contributed by atoms with Gasteiger partial charge in [0, 0.05) is 24.2 Å². The second kappa shape index (κ2) is 10.5. The highest BCUT2D eigenvalue weighted by Gasteiger charge is 2.46. The Bertz CT molecular complexity index is 1110. The van der Waals surface area contributed by atoms with Gasteiger partial charge in [-0.3, -0.25) is 9.59 Å². The van der Waals surface area contributed by atoms with E-state index in [1.165, 1.54) is 4.90 Å². The van der Waals surface area contributed by atoms with Crippen molar-refractivity contribution in [3.8, 4) is 11.5 Å². The fourth-order valence-corrected chi connectivity index (χ4v) is 4.27. The number of rotatable bonds is 8. The van der Waals surface area contributed by atoms with Crippen molar-refractivity contribution in [1.82, 2.24) is 9.80 Å². The molecular weight excluding hydrogens is 444 g/mol. The van der Waals surface area contributed by atoms with E-state index >= 15 is 0 Å². The third-order valence-electron chi connectivity index (χ3n) is 6.12. The molecule has 1 fully saturated rings. The quantitative estimate of drug-likeness (QED) is 0.343. The number of hydrogen-bond acceptors (Lipinski definition) is 6. The Morgan fingerprint density at radius 3 is 2.29 bits per heavy atom. The predicted molar refractivity (Wildman–Crippen MR) is 137 cm³/mol. The van der Waals surface area contributed by atoms with Crippen LogP contribution in [0.25, 0.3) is 5.76 Å². The van der Waals surface area contributed by atoms with E-state index in [4.69, 9.17) is 9.47 Å². The molecule has 0 spiro atoms. The Morgan fingerprint density at radius 2 is 1.74 bits per heavy atom. The summed E-state index contributed by atoms with van der Waals surface area (Å²) in [4.78, 5) is 29.9. The first kappa shape index (κ1) is 26.3. The van der Waals surface area contributed by atoms with Crippen molar-refractivity contribution in [3.05, 3.63) is 64.7 Å². The van der Waals surface area contributed by atoms with Crippen molar-refractivity contribution >= 4 is 17.4 Å². The summed E-state index contributed by atoms with van der Waals surface area (Å²) in [5, 5.41) is 11.4. The van der Waals surface area contributed by atoms with Gasteiger partial charge in [0.05, 0.1) is 25.3 Å². The molecule has 1 aliphatic rings. The number of hydrogen-bond donors (Lipinski definition) is 1. The van der Waals surface area contributed by atoms with Gasteiger partial charge in [-0.05, 0) is 62.3 Å². The van der Waals surface area contributed by atoms with Gasteiger partial charge >= 0.3 is 0 Å². The highest BCUT2D eigenvalue weighted by atomic mass is 16.5. The molecule has 1 atom stereocenters. The van der Waals surface area contributed by atoms with Crippen molar-refractivity contribution in [2.24, 2.45) is 0 Å². The number of aliphatic hydroxyl groups excluding tert-OH is 1. The monoisotopic (exact) mass is 480 g/mol. The number of amides is 1. The summed E-state index contributed by atoms with van der Waals surface area (Å²) < 4.78 is 11.1. The van der Waals surface area contributed by atoms with E-state index in [0.717, 1.165) is 11.1 Å². The molecule has 188 valence electrons. The molecular formula is C28H36N2O5. The number of methoxy groups -OCH3 is 1. The van der Waals surface area contributed by atoms with E-state index in [0.29, 0.717) is 36.8 Å². The number of likely N-dealkylation sites (tertiary alicyclic amines) is 1. The Hall–Kier alpha value is -3.32. The first-order valence-electron chi connectivity index (χ1n) is 11.8. The maximum Gasteiger partial charge on any atom is 0.295 e. The number of Topliss-reactive ketones (excluding diaryl/α,β-unsaturated/α-hetero) is 1. The lowest BCUT2D eigenvalue weighted by Crippen LogP contribution is -2.35. The Kier molecular flexibility index (Phi) is 7.90. The summed E-state index contributed by atoms with van der Waals surface area (Å²) in [6.07, 6.45) is 0. The van der Waals surface area contributed by atoms with Crippen LogP contribution in [0.2, 0.25) is 0 Å². The number of ether oxygens (including phenoxy) is 2. The number of ketones is 1. The van der Waals surface area contributed by atoms with Gasteiger partial charge in [0.2, 0.25) is 0 Å². The molecule has 0 bridgehead atoms. The van der Waals surface area contributed by atoms with Gasteiger partial charge in [0.1, 0.15) is 17.3 Å². The normalized spacial score (nSPS) is 17.8. The summed E-state index contributed by atoms with van der Waals surface area (Å²) in [7, 11) is 5.42. The Labute approximate surface area is 207 Å². The molecule has 1 unspecified atom stereocenters. The second-order valence-corrected chi connectivity index (χ2v) is 9.96. The van der Waals surface area contributed by atoms with Crippen LogP contribution >= 0.6 is 0 Å². The highest BCUT2D eigenvalue weighted by Crippen LogP contribution is 2.41. The van der Waals surface area contributed by atoms with Crippen LogP contribution in [0, 0.1) is 0 Å². The number of likely N-dealkylation sites (N-methyl/N-ethyl adjacent to an activating group) is 1. The fourth-order valence-electron chi connectivity index (χ4n) is 4.27. The third-order valence-corrected chi connectivity index (χ3v) is 6.12. The van der Waals surface area contributed by atoms with Crippen molar-refractivity contribution in [2.45, 2.75) is 39.2 Å². The molecule has 2 aromatic carbocycles. The minimum absolute atomic E-state index is 0.0861. The van der Waals surface area contributed by atoms with Gasteiger partial charge in [0.15, 0.2) is 0 Å². The van der Waals surface area contributed by atoms with Crippen LogP contribution in [-0.2, 0) is 15.0 Å². The molecule has 1 amide bonds. The van der Waals surface area contributed by atoms with Crippen LogP contribution in [0.3, 0.4) is 0 Å². The van der Waals surface area contributed by atoms with E-state index in [-0.39, 0.29) is 16.7 Å². The Morgan fingerprint density at radius 1 is 1.09 bits per heavy atom. The number of carbonyl (C=O) groups excluding carboxylic acids is 2. The maximum atomic E-state index is 13.3. The smallest absolute Gasteiger partial charge is 0.295 e. The van der Waals surface area contributed by atoms with Crippen LogP contribution in [0.1, 0.15) is 50.4 Å². The van der Waals surface area contributed by atoms with Gasteiger partial charge in [-0.1, -0.05) is 32.9 Å². The molecule has 7 heteroatoms. The zero-order valence-corrected chi connectivity index (χ0v) is 21.7. The lowest BCUT2D eigenvalue weighted by molar-refractivity contribution is -0.140. The summed E-state index contributed by atoms with van der Waals surface area (Å²) in [5.41, 5.74) is 1.93. The minimum Gasteiger partial charge on any atom is -0.507 e. The van der Waals surface area contributed by atoms with Crippen molar-refractivity contribution in [3.63, 3.8) is 0 Å². The van der Waals surface area contributed by atoms with Gasteiger partial charge in [0.25, 0.3) is 11.7 Å². The number of carbonyl (C=O) groups is 2. The van der Waals surface area contributed by atoms with Crippen LogP contribution in [0.15, 0.2) is 48.0 Å². The number of aliphatic hydroxyl groups is 1. The zero-order chi connectivity index (χ0) is 25.9. The topological polar surface area (TPSA) is 79.3 Å². The SMILES string of the molecule is CCOc1ccc(C2/C(=C(/O)c3ccc(OC)c(C(C)(C)C)c3)C(=O)C(=O)N2CCN(C)C)cc1. The van der Waals surface area contributed by atoms with Crippen LogP contribution in [0.5, 0.6) is 11.5 Å². The van der Waals surface area contributed by atoms with E-state index in [1.54, 1.807) is 19.2 Å². The first-order chi connectivity index (χ1) is 16.5. The van der Waals surface area contributed by atoms with Gasteiger partial charge < -0.3 is 24.4 Å². The summed E-state index contributed by atoms with van der Waals surface area (Å²) in [6.45, 7) is 9.52. The number of benzene rings is 2. The second-order valence-electron chi connectivity index (χ2n) is 9.96. The van der Waals surface area contributed by atoms with E-state index in [2.05, 4.69) is 20.8 Å². The average molecular weight is 481 g/mol. The van der Waals surface area contributed by atoms with Gasteiger partial charge in [-0.2, -0.15) is 0 Å². The molecule has 0 saturated carbocycles. The molecule has 0 aliphatic carbocycles.